The first-order valence-electron chi connectivity index (χ1n) is 9.75. The quantitative estimate of drug-likeness (QED) is 0.890. The summed E-state index contributed by atoms with van der Waals surface area (Å²) in [6.07, 6.45) is 7.17. The lowest BCUT2D eigenvalue weighted by Gasteiger charge is -2.29. The van der Waals surface area contributed by atoms with Crippen LogP contribution in [0.3, 0.4) is 0 Å². The van der Waals surface area contributed by atoms with Crippen molar-refractivity contribution in [2.75, 3.05) is 26.2 Å². The molecule has 5 rings (SSSR count). The van der Waals surface area contributed by atoms with Gasteiger partial charge in [0.05, 0.1) is 11.7 Å². The highest BCUT2D eigenvalue weighted by Gasteiger charge is 2.62. The molecule has 1 saturated carbocycles. The lowest BCUT2D eigenvalue weighted by molar-refractivity contribution is 0.00244. The predicted molar refractivity (Wildman–Crippen MR) is 94.3 cm³/mol. The van der Waals surface area contributed by atoms with Gasteiger partial charge in [-0.1, -0.05) is 6.07 Å². The summed E-state index contributed by atoms with van der Waals surface area (Å²) in [4.78, 5) is 19.4. The monoisotopic (exact) mass is 341 g/mol. The number of carbonyl (C=O) groups excluding carboxylic acids is 1. The lowest BCUT2D eigenvalue weighted by atomic mass is 9.73. The summed E-state index contributed by atoms with van der Waals surface area (Å²) in [6, 6.07) is 3.80. The first-order valence-corrected chi connectivity index (χ1v) is 9.75. The third-order valence-electron chi connectivity index (χ3n) is 6.79. The van der Waals surface area contributed by atoms with Crippen LogP contribution in [0.4, 0.5) is 0 Å². The average molecular weight is 341 g/mol. The van der Waals surface area contributed by atoms with E-state index in [9.17, 15) is 4.79 Å². The third-order valence-corrected chi connectivity index (χ3v) is 6.79. The fourth-order valence-electron chi connectivity index (χ4n) is 5.38. The van der Waals surface area contributed by atoms with Crippen molar-refractivity contribution in [2.45, 2.75) is 44.3 Å². The van der Waals surface area contributed by atoms with E-state index in [0.29, 0.717) is 30.2 Å². The van der Waals surface area contributed by atoms with Gasteiger partial charge in [-0.05, 0) is 50.2 Å². The van der Waals surface area contributed by atoms with Crippen molar-refractivity contribution in [1.82, 2.24) is 15.2 Å². The highest BCUT2D eigenvalue weighted by Crippen LogP contribution is 2.55. The number of nitrogens with zero attached hydrogens (tertiary/aromatic N) is 2. The van der Waals surface area contributed by atoms with Crippen molar-refractivity contribution < 1.29 is 9.53 Å². The topological polar surface area (TPSA) is 54.5 Å². The van der Waals surface area contributed by atoms with Gasteiger partial charge in [0.2, 0.25) is 0 Å². The van der Waals surface area contributed by atoms with Crippen molar-refractivity contribution in [1.29, 1.82) is 0 Å². The number of pyridine rings is 1. The fourth-order valence-corrected chi connectivity index (χ4v) is 5.38. The molecule has 0 aromatic carbocycles. The van der Waals surface area contributed by atoms with Crippen molar-refractivity contribution in [3.05, 3.63) is 29.6 Å². The van der Waals surface area contributed by atoms with E-state index in [1.54, 1.807) is 6.20 Å². The van der Waals surface area contributed by atoms with Crippen LogP contribution in [0.2, 0.25) is 0 Å². The van der Waals surface area contributed by atoms with Crippen LogP contribution in [-0.4, -0.2) is 53.7 Å². The number of ether oxygens (including phenoxy) is 1. The van der Waals surface area contributed by atoms with Crippen LogP contribution in [-0.2, 0) is 4.74 Å². The van der Waals surface area contributed by atoms with Crippen LogP contribution in [0.5, 0.6) is 0 Å². The van der Waals surface area contributed by atoms with Gasteiger partial charge in [-0.3, -0.25) is 14.7 Å². The zero-order chi connectivity index (χ0) is 17.0. The highest BCUT2D eigenvalue weighted by molar-refractivity contribution is 5.93. The van der Waals surface area contributed by atoms with Gasteiger partial charge in [0.25, 0.3) is 5.91 Å². The van der Waals surface area contributed by atoms with Crippen molar-refractivity contribution in [3.63, 3.8) is 0 Å². The summed E-state index contributed by atoms with van der Waals surface area (Å²) in [6.45, 7) is 6.15. The molecule has 1 aliphatic carbocycles. The number of amides is 1. The number of nitrogens with one attached hydrogen (secondary N) is 1. The number of rotatable bonds is 5. The SMILES string of the molecule is Cc1cccnc1C(=O)NC[C@H]1[C@H]2CN(CC3CC3)C[C@]23CC[C@H]1O3. The van der Waals surface area contributed by atoms with E-state index < -0.39 is 0 Å². The summed E-state index contributed by atoms with van der Waals surface area (Å²) in [7, 11) is 0. The van der Waals surface area contributed by atoms with Crippen LogP contribution < -0.4 is 5.32 Å². The highest BCUT2D eigenvalue weighted by atomic mass is 16.5. The van der Waals surface area contributed by atoms with Crippen LogP contribution in [0.1, 0.15) is 41.7 Å². The van der Waals surface area contributed by atoms with Crippen molar-refractivity contribution >= 4 is 5.91 Å². The van der Waals surface area contributed by atoms with Gasteiger partial charge in [-0.2, -0.15) is 0 Å². The van der Waals surface area contributed by atoms with E-state index in [4.69, 9.17) is 4.74 Å². The molecular weight excluding hydrogens is 314 g/mol. The Morgan fingerprint density at radius 1 is 1.44 bits per heavy atom. The first kappa shape index (κ1) is 15.8. The number of fused-ring (bicyclic) bond motifs is 1. The molecule has 1 spiro atoms. The number of carbonyl (C=O) groups is 1. The van der Waals surface area contributed by atoms with Gasteiger partial charge in [0.15, 0.2) is 0 Å². The first-order chi connectivity index (χ1) is 12.1. The predicted octanol–water partition coefficient (Wildman–Crippen LogP) is 2.01. The Kier molecular flexibility index (Phi) is 3.64. The van der Waals surface area contributed by atoms with Crippen LogP contribution in [0.25, 0.3) is 0 Å². The summed E-state index contributed by atoms with van der Waals surface area (Å²) >= 11 is 0. The molecule has 3 aliphatic heterocycles. The van der Waals surface area contributed by atoms with Gasteiger partial charge >= 0.3 is 0 Å². The molecule has 2 bridgehead atoms. The van der Waals surface area contributed by atoms with Crippen molar-refractivity contribution in [3.8, 4) is 0 Å². The maximum atomic E-state index is 12.5. The zero-order valence-corrected chi connectivity index (χ0v) is 14.9. The van der Waals surface area contributed by atoms with Crippen molar-refractivity contribution in [2.24, 2.45) is 17.8 Å². The maximum absolute atomic E-state index is 12.5. The smallest absolute Gasteiger partial charge is 0.270 e. The molecule has 4 fully saturated rings. The Morgan fingerprint density at radius 3 is 3.12 bits per heavy atom. The molecule has 4 atom stereocenters. The zero-order valence-electron chi connectivity index (χ0n) is 14.9. The molecule has 1 aromatic heterocycles. The van der Waals surface area contributed by atoms with Gasteiger partial charge in [0, 0.05) is 44.2 Å². The van der Waals surface area contributed by atoms with E-state index in [0.717, 1.165) is 31.0 Å². The van der Waals surface area contributed by atoms with E-state index in [1.165, 1.54) is 25.8 Å². The largest absolute Gasteiger partial charge is 0.370 e. The summed E-state index contributed by atoms with van der Waals surface area (Å²) in [5.41, 5.74) is 1.55. The molecule has 4 aliphatic rings. The van der Waals surface area contributed by atoms with E-state index in [2.05, 4.69) is 15.2 Å². The van der Waals surface area contributed by atoms with E-state index >= 15 is 0 Å². The minimum absolute atomic E-state index is 0.0530. The Labute approximate surface area is 149 Å². The number of aromatic nitrogens is 1. The second-order valence-corrected chi connectivity index (χ2v) is 8.55. The van der Waals surface area contributed by atoms with Gasteiger partial charge in [-0.15, -0.1) is 0 Å². The number of likely N-dealkylation sites (tertiary alicyclic amines) is 1. The second kappa shape index (κ2) is 5.78. The summed E-state index contributed by atoms with van der Waals surface area (Å²) < 4.78 is 6.48. The molecule has 134 valence electrons. The van der Waals surface area contributed by atoms with Gasteiger partial charge in [-0.25, -0.2) is 0 Å². The van der Waals surface area contributed by atoms with Gasteiger partial charge < -0.3 is 10.1 Å². The fraction of sp³-hybridized carbons (Fsp3) is 0.700. The normalized spacial score (nSPS) is 36.6. The molecule has 4 heterocycles. The molecule has 5 nitrogen and oxygen atoms in total. The lowest BCUT2D eigenvalue weighted by Crippen LogP contribution is -2.42. The summed E-state index contributed by atoms with van der Waals surface area (Å²) in [5, 5.41) is 3.14. The molecule has 1 N–H and O–H groups in total. The Hall–Kier alpha value is -1.46. The number of hydrogen-bond acceptors (Lipinski definition) is 4. The van der Waals surface area contributed by atoms with Crippen LogP contribution in [0, 0.1) is 24.7 Å². The molecule has 5 heteroatoms. The van der Waals surface area contributed by atoms with E-state index in [-0.39, 0.29) is 11.5 Å². The Balaban J connectivity index is 1.25. The standard InChI is InChI=1S/C20H27N3O2/c1-13-3-2-8-21-18(13)19(24)22-9-15-16-11-23(10-14-4-5-14)12-20(16)7-6-17(15)25-20/h2-3,8,14-17H,4-7,9-12H2,1H3,(H,22,24)/t15-,16+,17+,20+/m0/s1. The molecule has 0 radical (unpaired) electrons. The van der Waals surface area contributed by atoms with E-state index in [1.807, 2.05) is 19.1 Å². The van der Waals surface area contributed by atoms with Crippen LogP contribution >= 0.6 is 0 Å². The molecule has 1 amide bonds. The molecule has 25 heavy (non-hydrogen) atoms. The van der Waals surface area contributed by atoms with Crippen LogP contribution in [0.15, 0.2) is 18.3 Å². The van der Waals surface area contributed by atoms with Gasteiger partial charge in [0.1, 0.15) is 5.69 Å². The Bertz CT molecular complexity index is 689. The molecule has 0 unspecified atom stereocenters. The summed E-state index contributed by atoms with van der Waals surface area (Å²) in [5.74, 6) is 1.90. The average Bonchev–Trinajstić information content (AvgIpc) is 3.10. The molecular formula is C20H27N3O2. The Morgan fingerprint density at radius 2 is 2.32 bits per heavy atom. The minimum Gasteiger partial charge on any atom is -0.370 e. The minimum atomic E-state index is -0.0530. The maximum Gasteiger partial charge on any atom is 0.270 e. The molecule has 1 aromatic rings. The third kappa shape index (κ3) is 2.68. The second-order valence-electron chi connectivity index (χ2n) is 8.55. The number of hydrogen-bond donors (Lipinski definition) is 1. The molecule has 3 saturated heterocycles. The number of aryl methyl sites for hydroxylation is 1.